The summed E-state index contributed by atoms with van der Waals surface area (Å²) in [6, 6.07) is 16.6. The molecule has 0 spiro atoms. The molecule has 0 bridgehead atoms. The summed E-state index contributed by atoms with van der Waals surface area (Å²) < 4.78 is 0. The molecular weight excluding hydrogens is 398 g/mol. The molecule has 5 heteroatoms. The molecule has 0 aromatic heterocycles. The lowest BCUT2D eigenvalue weighted by Gasteiger charge is -2.36. The minimum absolute atomic E-state index is 0.143. The number of benzene rings is 2. The summed E-state index contributed by atoms with van der Waals surface area (Å²) >= 11 is 0. The highest BCUT2D eigenvalue weighted by atomic mass is 16.2. The van der Waals surface area contributed by atoms with E-state index in [1.165, 1.54) is 10.5 Å². The van der Waals surface area contributed by atoms with Crippen molar-refractivity contribution in [2.45, 2.75) is 34.2 Å². The number of carbonyl (C=O) groups excluding carboxylic acids is 2. The fourth-order valence-corrected chi connectivity index (χ4v) is 4.70. The van der Waals surface area contributed by atoms with Crippen molar-refractivity contribution in [1.82, 2.24) is 14.7 Å². The van der Waals surface area contributed by atoms with Gasteiger partial charge in [-0.25, -0.2) is 0 Å². The van der Waals surface area contributed by atoms with Gasteiger partial charge in [-0.15, -0.1) is 0 Å². The average Bonchev–Trinajstić information content (AvgIpc) is 2.99. The molecule has 0 unspecified atom stereocenters. The average molecular weight is 432 g/mol. The highest BCUT2D eigenvalue weighted by molar-refractivity contribution is 6.35. The molecule has 2 aromatic rings. The Balaban J connectivity index is 1.61. The van der Waals surface area contributed by atoms with E-state index in [1.54, 1.807) is 0 Å². The number of rotatable bonds is 6. The number of amides is 2. The molecule has 2 amide bonds. The lowest BCUT2D eigenvalue weighted by atomic mass is 9.97. The third-order valence-electron chi connectivity index (χ3n) is 6.28. The SMILES string of the molecule is Cc1ccc(C2=C(N3CCN(Cc4ccccc4)CC3)C(=O)N(CC(C)C)C2=O)c(C)c1. The molecule has 0 aliphatic carbocycles. The maximum atomic E-state index is 13.5. The quantitative estimate of drug-likeness (QED) is 0.652. The van der Waals surface area contributed by atoms with Crippen molar-refractivity contribution in [2.24, 2.45) is 5.92 Å². The maximum Gasteiger partial charge on any atom is 0.277 e. The molecule has 0 N–H and O–H groups in total. The van der Waals surface area contributed by atoms with Crippen LogP contribution in [0.4, 0.5) is 0 Å². The summed E-state index contributed by atoms with van der Waals surface area (Å²) in [5.74, 6) is -0.0714. The fraction of sp³-hybridized carbons (Fsp3) is 0.407. The van der Waals surface area contributed by atoms with Gasteiger partial charge in [-0.2, -0.15) is 0 Å². The fourth-order valence-electron chi connectivity index (χ4n) is 4.70. The zero-order chi connectivity index (χ0) is 22.8. The van der Waals surface area contributed by atoms with Crippen LogP contribution in [0, 0.1) is 19.8 Å². The Morgan fingerprint density at radius 2 is 1.56 bits per heavy atom. The van der Waals surface area contributed by atoms with Gasteiger partial charge in [-0.1, -0.05) is 67.9 Å². The van der Waals surface area contributed by atoms with Crippen molar-refractivity contribution in [3.8, 4) is 0 Å². The summed E-state index contributed by atoms with van der Waals surface area (Å²) in [7, 11) is 0. The van der Waals surface area contributed by atoms with Crippen LogP contribution >= 0.6 is 0 Å². The molecule has 0 radical (unpaired) electrons. The number of hydrogen-bond donors (Lipinski definition) is 0. The van der Waals surface area contributed by atoms with E-state index in [4.69, 9.17) is 0 Å². The predicted molar refractivity (Wildman–Crippen MR) is 128 cm³/mol. The van der Waals surface area contributed by atoms with Crippen LogP contribution in [0.3, 0.4) is 0 Å². The molecule has 5 nitrogen and oxygen atoms in total. The lowest BCUT2D eigenvalue weighted by Crippen LogP contribution is -2.47. The second-order valence-corrected chi connectivity index (χ2v) is 9.41. The van der Waals surface area contributed by atoms with E-state index in [1.807, 2.05) is 45.9 Å². The summed E-state index contributed by atoms with van der Waals surface area (Å²) in [6.45, 7) is 12.7. The van der Waals surface area contributed by atoms with Crippen LogP contribution in [0.5, 0.6) is 0 Å². The van der Waals surface area contributed by atoms with Gasteiger partial charge in [-0.3, -0.25) is 19.4 Å². The molecule has 2 aromatic carbocycles. The standard InChI is InChI=1S/C27H33N3O2/c1-19(2)17-30-26(31)24(23-11-10-20(3)16-21(23)4)25(27(30)32)29-14-12-28(13-15-29)18-22-8-6-5-7-9-22/h5-11,16,19H,12-15,17-18H2,1-4H3. The normalized spacial score (nSPS) is 17.8. The van der Waals surface area contributed by atoms with Gasteiger partial charge in [0.05, 0.1) is 5.57 Å². The van der Waals surface area contributed by atoms with Gasteiger partial charge in [0.15, 0.2) is 0 Å². The second-order valence-electron chi connectivity index (χ2n) is 9.41. The minimum atomic E-state index is -0.155. The van der Waals surface area contributed by atoms with Crippen LogP contribution in [0.2, 0.25) is 0 Å². The molecule has 0 atom stereocenters. The first-order chi connectivity index (χ1) is 15.3. The first-order valence-corrected chi connectivity index (χ1v) is 11.5. The van der Waals surface area contributed by atoms with Gasteiger partial charge in [0.1, 0.15) is 5.70 Å². The van der Waals surface area contributed by atoms with Crippen LogP contribution < -0.4 is 0 Å². The zero-order valence-corrected chi connectivity index (χ0v) is 19.6. The highest BCUT2D eigenvalue weighted by Crippen LogP contribution is 2.34. The molecule has 2 heterocycles. The molecule has 1 fully saturated rings. The summed E-state index contributed by atoms with van der Waals surface area (Å²) in [4.78, 5) is 32.9. The van der Waals surface area contributed by atoms with Crippen LogP contribution in [0.1, 0.15) is 36.1 Å². The van der Waals surface area contributed by atoms with Crippen molar-refractivity contribution in [2.75, 3.05) is 32.7 Å². The Morgan fingerprint density at radius 3 is 2.19 bits per heavy atom. The number of aryl methyl sites for hydroxylation is 2. The van der Waals surface area contributed by atoms with Crippen LogP contribution in [-0.2, 0) is 16.1 Å². The Labute approximate surface area is 191 Å². The minimum Gasteiger partial charge on any atom is -0.364 e. The summed E-state index contributed by atoms with van der Waals surface area (Å²) in [6.07, 6.45) is 0. The van der Waals surface area contributed by atoms with Gasteiger partial charge in [-0.05, 0) is 36.5 Å². The third kappa shape index (κ3) is 4.49. The van der Waals surface area contributed by atoms with Crippen LogP contribution in [0.25, 0.3) is 5.57 Å². The molecule has 2 aliphatic heterocycles. The number of carbonyl (C=O) groups is 2. The van der Waals surface area contributed by atoms with Gasteiger partial charge < -0.3 is 4.90 Å². The van der Waals surface area contributed by atoms with E-state index >= 15 is 0 Å². The zero-order valence-electron chi connectivity index (χ0n) is 19.6. The van der Waals surface area contributed by atoms with E-state index in [0.717, 1.165) is 49.4 Å². The smallest absolute Gasteiger partial charge is 0.277 e. The lowest BCUT2D eigenvalue weighted by molar-refractivity contribution is -0.138. The van der Waals surface area contributed by atoms with Crippen LogP contribution in [0.15, 0.2) is 54.2 Å². The number of imide groups is 1. The summed E-state index contributed by atoms with van der Waals surface area (Å²) in [5, 5.41) is 0. The summed E-state index contributed by atoms with van der Waals surface area (Å²) in [5.41, 5.74) is 5.52. The molecular formula is C27H33N3O2. The van der Waals surface area contributed by atoms with Crippen molar-refractivity contribution in [3.05, 3.63) is 76.5 Å². The van der Waals surface area contributed by atoms with Crippen LogP contribution in [-0.4, -0.2) is 59.2 Å². The van der Waals surface area contributed by atoms with Crippen molar-refractivity contribution in [1.29, 1.82) is 0 Å². The molecule has 2 aliphatic rings. The van der Waals surface area contributed by atoms with E-state index in [2.05, 4.69) is 40.1 Å². The Bertz CT molecular complexity index is 1030. The Hall–Kier alpha value is -2.92. The molecule has 1 saturated heterocycles. The van der Waals surface area contributed by atoms with E-state index in [0.29, 0.717) is 17.8 Å². The van der Waals surface area contributed by atoms with Gasteiger partial charge in [0, 0.05) is 39.3 Å². The third-order valence-corrected chi connectivity index (χ3v) is 6.28. The topological polar surface area (TPSA) is 43.9 Å². The highest BCUT2D eigenvalue weighted by Gasteiger charge is 2.42. The van der Waals surface area contributed by atoms with E-state index in [9.17, 15) is 9.59 Å². The van der Waals surface area contributed by atoms with Gasteiger partial charge >= 0.3 is 0 Å². The molecule has 168 valence electrons. The number of nitrogens with zero attached hydrogens (tertiary/aromatic N) is 3. The van der Waals surface area contributed by atoms with Gasteiger partial charge in [0.2, 0.25) is 0 Å². The van der Waals surface area contributed by atoms with Crippen molar-refractivity contribution >= 4 is 17.4 Å². The largest absolute Gasteiger partial charge is 0.364 e. The van der Waals surface area contributed by atoms with Gasteiger partial charge in [0.25, 0.3) is 11.8 Å². The molecule has 0 saturated carbocycles. The Morgan fingerprint density at radius 1 is 0.875 bits per heavy atom. The maximum absolute atomic E-state index is 13.5. The predicted octanol–water partition coefficient (Wildman–Crippen LogP) is 3.86. The Kier molecular flexibility index (Phi) is 6.47. The first-order valence-electron chi connectivity index (χ1n) is 11.5. The molecule has 4 rings (SSSR count). The van der Waals surface area contributed by atoms with Crippen molar-refractivity contribution < 1.29 is 9.59 Å². The molecule has 32 heavy (non-hydrogen) atoms. The van der Waals surface area contributed by atoms with Crippen molar-refractivity contribution in [3.63, 3.8) is 0 Å². The first kappa shape index (κ1) is 22.3. The monoisotopic (exact) mass is 431 g/mol. The number of piperazine rings is 1. The second kappa shape index (κ2) is 9.29. The number of hydrogen-bond acceptors (Lipinski definition) is 4. The van der Waals surface area contributed by atoms with E-state index < -0.39 is 0 Å². The van der Waals surface area contributed by atoms with E-state index in [-0.39, 0.29) is 17.7 Å².